The Morgan fingerprint density at radius 2 is 1.96 bits per heavy atom. The summed E-state index contributed by atoms with van der Waals surface area (Å²) in [5.74, 6) is -0.274. The van der Waals surface area contributed by atoms with E-state index in [9.17, 15) is 9.59 Å². The summed E-state index contributed by atoms with van der Waals surface area (Å²) in [4.78, 5) is 28.0. The number of esters is 1. The number of imidazole rings is 1. The van der Waals surface area contributed by atoms with E-state index >= 15 is 0 Å². The molecule has 0 bridgehead atoms. The third-order valence-corrected chi connectivity index (χ3v) is 5.37. The fourth-order valence-electron chi connectivity index (χ4n) is 3.79. The highest BCUT2D eigenvalue weighted by Gasteiger charge is 2.27. The summed E-state index contributed by atoms with van der Waals surface area (Å²) in [6, 6.07) is 0.616. The molecule has 2 heterocycles. The number of ether oxygens (including phenoxy) is 1. The molecule has 0 aromatic carbocycles. The van der Waals surface area contributed by atoms with Crippen molar-refractivity contribution in [1.29, 1.82) is 0 Å². The first-order chi connectivity index (χ1) is 12.7. The molecule has 7 heteroatoms. The van der Waals surface area contributed by atoms with Crippen molar-refractivity contribution in [2.75, 3.05) is 20.2 Å². The van der Waals surface area contributed by atoms with Gasteiger partial charge in [-0.3, -0.25) is 9.59 Å². The third kappa shape index (κ3) is 4.94. The van der Waals surface area contributed by atoms with Crippen LogP contribution in [0.5, 0.6) is 0 Å². The topological polar surface area (TPSA) is 85.2 Å². The van der Waals surface area contributed by atoms with Gasteiger partial charge in [0.15, 0.2) is 0 Å². The van der Waals surface area contributed by atoms with Crippen LogP contribution in [-0.2, 0) is 14.3 Å². The van der Waals surface area contributed by atoms with E-state index in [1.54, 1.807) is 12.2 Å². The molecule has 0 unspecified atom stereocenters. The minimum Gasteiger partial charge on any atom is -0.469 e. The van der Waals surface area contributed by atoms with Crippen molar-refractivity contribution in [2.24, 2.45) is 5.92 Å². The van der Waals surface area contributed by atoms with Crippen LogP contribution in [0.25, 0.3) is 6.08 Å². The van der Waals surface area contributed by atoms with Crippen LogP contribution >= 0.6 is 0 Å². The largest absolute Gasteiger partial charge is 0.469 e. The van der Waals surface area contributed by atoms with E-state index in [-0.39, 0.29) is 23.8 Å². The van der Waals surface area contributed by atoms with Crippen LogP contribution in [0.1, 0.15) is 50.3 Å². The first-order valence-corrected chi connectivity index (χ1v) is 9.46. The number of nitrogens with zero attached hydrogens (tertiary/aromatic N) is 2. The van der Waals surface area contributed by atoms with Crippen LogP contribution in [0.4, 0.5) is 0 Å². The standard InChI is InChI=1S/C19H28N4O3/c1-26-19(25)14-2-4-15(5-3-14)22-18(24)7-6-16-12-23(13-21-16)17-8-10-20-11-9-17/h6-7,12-15,17,20H,2-5,8-11H2,1H3,(H,22,24)/b7-6+. The van der Waals surface area contributed by atoms with Crippen LogP contribution in [0.15, 0.2) is 18.6 Å². The molecule has 0 atom stereocenters. The van der Waals surface area contributed by atoms with Crippen LogP contribution in [-0.4, -0.2) is 47.7 Å². The first-order valence-electron chi connectivity index (χ1n) is 9.46. The molecule has 142 valence electrons. The Balaban J connectivity index is 1.45. The van der Waals surface area contributed by atoms with E-state index in [1.165, 1.54) is 7.11 Å². The van der Waals surface area contributed by atoms with Gasteiger partial charge in [-0.1, -0.05) is 0 Å². The molecule has 0 spiro atoms. The second-order valence-electron chi connectivity index (χ2n) is 7.14. The molecule has 1 aromatic heterocycles. The minimum atomic E-state index is -0.140. The van der Waals surface area contributed by atoms with Gasteiger partial charge in [-0.2, -0.15) is 0 Å². The van der Waals surface area contributed by atoms with Crippen molar-refractivity contribution in [2.45, 2.75) is 50.6 Å². The van der Waals surface area contributed by atoms with Gasteiger partial charge in [-0.15, -0.1) is 0 Å². The predicted molar refractivity (Wildman–Crippen MR) is 98.3 cm³/mol. The van der Waals surface area contributed by atoms with Gasteiger partial charge in [0.05, 0.1) is 25.0 Å². The average Bonchev–Trinajstić information content (AvgIpc) is 3.16. The molecule has 0 radical (unpaired) electrons. The lowest BCUT2D eigenvalue weighted by Crippen LogP contribution is -2.38. The molecule has 26 heavy (non-hydrogen) atoms. The van der Waals surface area contributed by atoms with Gasteiger partial charge >= 0.3 is 5.97 Å². The van der Waals surface area contributed by atoms with Crippen molar-refractivity contribution in [1.82, 2.24) is 20.2 Å². The van der Waals surface area contributed by atoms with Crippen molar-refractivity contribution in [3.8, 4) is 0 Å². The van der Waals surface area contributed by atoms with Crippen molar-refractivity contribution in [3.05, 3.63) is 24.3 Å². The lowest BCUT2D eigenvalue weighted by atomic mass is 9.86. The zero-order valence-corrected chi connectivity index (χ0v) is 15.3. The maximum absolute atomic E-state index is 12.1. The summed E-state index contributed by atoms with van der Waals surface area (Å²) >= 11 is 0. The minimum absolute atomic E-state index is 0.0253. The maximum atomic E-state index is 12.1. The second-order valence-corrected chi connectivity index (χ2v) is 7.14. The smallest absolute Gasteiger partial charge is 0.308 e. The van der Waals surface area contributed by atoms with Crippen molar-refractivity contribution >= 4 is 18.0 Å². The molecule has 2 fully saturated rings. The highest BCUT2D eigenvalue weighted by atomic mass is 16.5. The Bertz CT molecular complexity index is 641. The summed E-state index contributed by atoms with van der Waals surface area (Å²) in [6.45, 7) is 2.07. The second kappa shape index (κ2) is 8.98. The molecule has 1 aliphatic heterocycles. The van der Waals surface area contributed by atoms with E-state index in [1.807, 2.05) is 12.5 Å². The van der Waals surface area contributed by atoms with Crippen LogP contribution in [0.2, 0.25) is 0 Å². The number of piperidine rings is 1. The lowest BCUT2D eigenvalue weighted by molar-refractivity contribution is -0.146. The van der Waals surface area contributed by atoms with Gasteiger partial charge in [0.25, 0.3) is 0 Å². The average molecular weight is 360 g/mol. The number of carbonyl (C=O) groups is 2. The number of methoxy groups -OCH3 is 1. The van der Waals surface area contributed by atoms with Crippen molar-refractivity contribution < 1.29 is 14.3 Å². The normalized spacial score (nSPS) is 24.5. The van der Waals surface area contributed by atoms with E-state index in [0.29, 0.717) is 6.04 Å². The van der Waals surface area contributed by atoms with Crippen LogP contribution in [0.3, 0.4) is 0 Å². The third-order valence-electron chi connectivity index (χ3n) is 5.37. The number of hydrogen-bond acceptors (Lipinski definition) is 5. The molecular weight excluding hydrogens is 332 g/mol. The van der Waals surface area contributed by atoms with E-state index in [4.69, 9.17) is 4.74 Å². The molecule has 2 N–H and O–H groups in total. The summed E-state index contributed by atoms with van der Waals surface area (Å²) in [6.07, 6.45) is 12.5. The maximum Gasteiger partial charge on any atom is 0.308 e. The van der Waals surface area contributed by atoms with Gasteiger partial charge in [-0.25, -0.2) is 4.98 Å². The molecule has 1 saturated heterocycles. The monoisotopic (exact) mass is 360 g/mol. The molecule has 1 aliphatic carbocycles. The van der Waals surface area contributed by atoms with E-state index < -0.39 is 0 Å². The first kappa shape index (κ1) is 18.6. The predicted octanol–water partition coefficient (Wildman–Crippen LogP) is 1.67. The zero-order chi connectivity index (χ0) is 18.4. The molecule has 1 aromatic rings. The Hall–Kier alpha value is -2.15. The highest BCUT2D eigenvalue weighted by Crippen LogP contribution is 2.25. The van der Waals surface area contributed by atoms with Gasteiger partial charge < -0.3 is 19.9 Å². The van der Waals surface area contributed by atoms with Gasteiger partial charge in [0.2, 0.25) is 5.91 Å². The van der Waals surface area contributed by atoms with E-state index in [2.05, 4.69) is 20.2 Å². The number of aromatic nitrogens is 2. The van der Waals surface area contributed by atoms with Crippen LogP contribution < -0.4 is 10.6 Å². The molecule has 3 rings (SSSR count). The van der Waals surface area contributed by atoms with Gasteiger partial charge in [0.1, 0.15) is 0 Å². The highest BCUT2D eigenvalue weighted by molar-refractivity contribution is 5.91. The van der Waals surface area contributed by atoms with E-state index in [0.717, 1.165) is 57.3 Å². The SMILES string of the molecule is COC(=O)C1CCC(NC(=O)/C=C/c2cn(C3CCNCC3)cn2)CC1. The molecule has 7 nitrogen and oxygen atoms in total. The quantitative estimate of drug-likeness (QED) is 0.616. The Kier molecular flexibility index (Phi) is 6.44. The van der Waals surface area contributed by atoms with Gasteiger partial charge in [0, 0.05) is 24.4 Å². The molecular formula is C19H28N4O3. The number of hydrogen-bond donors (Lipinski definition) is 2. The van der Waals surface area contributed by atoms with Crippen molar-refractivity contribution in [3.63, 3.8) is 0 Å². The number of amides is 1. The number of carbonyl (C=O) groups excluding carboxylic acids is 2. The molecule has 2 aliphatic rings. The molecule has 1 saturated carbocycles. The Morgan fingerprint density at radius 3 is 2.65 bits per heavy atom. The number of nitrogens with one attached hydrogen (secondary N) is 2. The zero-order valence-electron chi connectivity index (χ0n) is 15.3. The lowest BCUT2D eigenvalue weighted by Gasteiger charge is -2.27. The summed E-state index contributed by atoms with van der Waals surface area (Å²) in [5, 5.41) is 6.37. The Morgan fingerprint density at radius 1 is 1.23 bits per heavy atom. The fraction of sp³-hybridized carbons (Fsp3) is 0.632. The summed E-state index contributed by atoms with van der Waals surface area (Å²) in [7, 11) is 1.42. The van der Waals surface area contributed by atoms with Gasteiger partial charge in [-0.05, 0) is 57.7 Å². The summed E-state index contributed by atoms with van der Waals surface area (Å²) in [5.41, 5.74) is 0.799. The summed E-state index contributed by atoms with van der Waals surface area (Å²) < 4.78 is 6.93. The van der Waals surface area contributed by atoms with Crippen LogP contribution in [0, 0.1) is 5.92 Å². The molecule has 1 amide bonds. The number of rotatable bonds is 5. The Labute approximate surface area is 154 Å². The fourth-order valence-corrected chi connectivity index (χ4v) is 3.79.